The van der Waals surface area contributed by atoms with Crippen LogP contribution in [0.5, 0.6) is 0 Å². The summed E-state index contributed by atoms with van der Waals surface area (Å²) in [4.78, 5) is 0. The molecule has 0 amide bonds. The summed E-state index contributed by atoms with van der Waals surface area (Å²) in [5.74, 6) is -1.11. The normalized spacial score (nSPS) is 10.9. The van der Waals surface area contributed by atoms with Crippen LogP contribution in [0.1, 0.15) is 12.5 Å². The fourth-order valence-corrected chi connectivity index (χ4v) is 2.42. The summed E-state index contributed by atoms with van der Waals surface area (Å²) >= 11 is 0. The maximum Gasteiger partial charge on any atom is 0.126 e. The van der Waals surface area contributed by atoms with Crippen molar-refractivity contribution in [2.45, 2.75) is 13.3 Å². The molecule has 20 heavy (non-hydrogen) atoms. The summed E-state index contributed by atoms with van der Waals surface area (Å²) in [7, 11) is 0. The predicted molar refractivity (Wildman–Crippen MR) is 78.7 cm³/mol. The molecule has 0 fully saturated rings. The van der Waals surface area contributed by atoms with Gasteiger partial charge in [-0.1, -0.05) is 37.3 Å². The highest BCUT2D eigenvalue weighted by Gasteiger charge is 2.04. The Bertz CT molecular complexity index is 755. The van der Waals surface area contributed by atoms with Gasteiger partial charge < -0.3 is 0 Å². The van der Waals surface area contributed by atoms with Gasteiger partial charge in [-0.05, 0) is 52.1 Å². The number of rotatable bonds is 2. The van der Waals surface area contributed by atoms with Gasteiger partial charge in [0.25, 0.3) is 0 Å². The first-order valence-electron chi connectivity index (χ1n) is 6.65. The van der Waals surface area contributed by atoms with Gasteiger partial charge in [0.2, 0.25) is 0 Å². The molecule has 0 N–H and O–H groups in total. The summed E-state index contributed by atoms with van der Waals surface area (Å²) in [5.41, 5.74) is 2.66. The molecule has 0 saturated carbocycles. The van der Waals surface area contributed by atoms with Crippen LogP contribution in [0, 0.1) is 11.6 Å². The Hall–Kier alpha value is -2.22. The molecule has 0 atom stereocenters. The van der Waals surface area contributed by atoms with Crippen molar-refractivity contribution < 1.29 is 8.78 Å². The highest BCUT2D eigenvalue weighted by Crippen LogP contribution is 2.26. The molecule has 0 aliphatic rings. The molecule has 2 heteroatoms. The maximum atomic E-state index is 13.3. The lowest BCUT2D eigenvalue weighted by Crippen LogP contribution is -1.85. The zero-order valence-electron chi connectivity index (χ0n) is 11.2. The van der Waals surface area contributed by atoms with Crippen LogP contribution in [-0.2, 0) is 6.42 Å². The molecule has 0 unspecified atom stereocenters. The van der Waals surface area contributed by atoms with Crippen LogP contribution >= 0.6 is 0 Å². The number of halogens is 2. The van der Waals surface area contributed by atoms with E-state index in [1.807, 2.05) is 24.3 Å². The fourth-order valence-electron chi connectivity index (χ4n) is 2.42. The number of fused-ring (bicyclic) bond motifs is 1. The van der Waals surface area contributed by atoms with Crippen LogP contribution in [-0.4, -0.2) is 0 Å². The zero-order valence-corrected chi connectivity index (χ0v) is 11.2. The first-order valence-corrected chi connectivity index (χ1v) is 6.65. The molecule has 0 aliphatic carbocycles. The Balaban J connectivity index is 2.12. The molecule has 0 spiro atoms. The van der Waals surface area contributed by atoms with Crippen LogP contribution in [0.15, 0.2) is 54.6 Å². The molecule has 3 aromatic carbocycles. The van der Waals surface area contributed by atoms with Crippen LogP contribution in [0.4, 0.5) is 8.78 Å². The average Bonchev–Trinajstić information content (AvgIpc) is 2.45. The minimum absolute atomic E-state index is 0.554. The van der Waals surface area contributed by atoms with E-state index in [1.165, 1.54) is 17.7 Å². The predicted octanol–water partition coefficient (Wildman–Crippen LogP) is 5.35. The Morgan fingerprint density at radius 1 is 0.700 bits per heavy atom. The standard InChI is InChI=1S/C18H14F2/c1-2-12-3-4-14-8-15(6-5-13(14)7-12)16-9-17(19)11-18(20)10-16/h3-11H,2H2,1H3. The topological polar surface area (TPSA) is 0 Å². The summed E-state index contributed by atoms with van der Waals surface area (Å²) in [6.07, 6.45) is 0.993. The molecular formula is C18H14F2. The Morgan fingerprint density at radius 2 is 1.35 bits per heavy atom. The van der Waals surface area contributed by atoms with Gasteiger partial charge in [-0.2, -0.15) is 0 Å². The Morgan fingerprint density at radius 3 is 2.05 bits per heavy atom. The number of hydrogen-bond acceptors (Lipinski definition) is 0. The van der Waals surface area contributed by atoms with Crippen molar-refractivity contribution >= 4 is 10.8 Å². The molecule has 100 valence electrons. The smallest absolute Gasteiger partial charge is 0.126 e. The molecule has 0 nitrogen and oxygen atoms in total. The van der Waals surface area contributed by atoms with E-state index in [-0.39, 0.29) is 0 Å². The summed E-state index contributed by atoms with van der Waals surface area (Å²) in [5, 5.41) is 2.22. The number of hydrogen-bond donors (Lipinski definition) is 0. The molecular weight excluding hydrogens is 254 g/mol. The van der Waals surface area contributed by atoms with Crippen molar-refractivity contribution in [1.82, 2.24) is 0 Å². The third-order valence-electron chi connectivity index (χ3n) is 3.51. The summed E-state index contributed by atoms with van der Waals surface area (Å²) in [6.45, 7) is 2.12. The van der Waals surface area contributed by atoms with Crippen molar-refractivity contribution in [3.8, 4) is 11.1 Å². The monoisotopic (exact) mass is 268 g/mol. The Labute approximate surface area is 116 Å². The molecule has 3 rings (SSSR count). The molecule has 0 heterocycles. The minimum Gasteiger partial charge on any atom is -0.207 e. The quantitative estimate of drug-likeness (QED) is 0.588. The van der Waals surface area contributed by atoms with Gasteiger partial charge in [0.05, 0.1) is 0 Å². The van der Waals surface area contributed by atoms with Gasteiger partial charge in [0.15, 0.2) is 0 Å². The summed E-state index contributed by atoms with van der Waals surface area (Å²) < 4.78 is 26.6. The third-order valence-corrected chi connectivity index (χ3v) is 3.51. The van der Waals surface area contributed by atoms with E-state index in [4.69, 9.17) is 0 Å². The van der Waals surface area contributed by atoms with Gasteiger partial charge >= 0.3 is 0 Å². The molecule has 0 saturated heterocycles. The van der Waals surface area contributed by atoms with Crippen molar-refractivity contribution in [1.29, 1.82) is 0 Å². The van der Waals surface area contributed by atoms with Crippen LogP contribution < -0.4 is 0 Å². The van der Waals surface area contributed by atoms with Gasteiger partial charge in [0, 0.05) is 6.07 Å². The van der Waals surface area contributed by atoms with E-state index < -0.39 is 11.6 Å². The largest absolute Gasteiger partial charge is 0.207 e. The van der Waals surface area contributed by atoms with Crippen molar-refractivity contribution in [3.63, 3.8) is 0 Å². The lowest BCUT2D eigenvalue weighted by atomic mass is 9.99. The van der Waals surface area contributed by atoms with Gasteiger partial charge in [0.1, 0.15) is 11.6 Å². The van der Waals surface area contributed by atoms with Crippen molar-refractivity contribution in [3.05, 3.63) is 71.8 Å². The maximum absolute atomic E-state index is 13.3. The molecule has 0 aromatic heterocycles. The number of aryl methyl sites for hydroxylation is 1. The Kier molecular flexibility index (Phi) is 3.23. The second-order valence-corrected chi connectivity index (χ2v) is 4.91. The lowest BCUT2D eigenvalue weighted by molar-refractivity contribution is 0.584. The van der Waals surface area contributed by atoms with Gasteiger partial charge in [-0.25, -0.2) is 8.78 Å². The zero-order chi connectivity index (χ0) is 14.1. The van der Waals surface area contributed by atoms with Crippen molar-refractivity contribution in [2.75, 3.05) is 0 Å². The fraction of sp³-hybridized carbons (Fsp3) is 0.111. The third kappa shape index (κ3) is 2.42. The van der Waals surface area contributed by atoms with E-state index in [1.54, 1.807) is 0 Å². The molecule has 0 aliphatic heterocycles. The van der Waals surface area contributed by atoms with Crippen LogP contribution in [0.3, 0.4) is 0 Å². The summed E-state index contributed by atoms with van der Waals surface area (Å²) in [6, 6.07) is 15.7. The highest BCUT2D eigenvalue weighted by molar-refractivity contribution is 5.87. The first kappa shape index (κ1) is 12.8. The first-order chi connectivity index (χ1) is 9.65. The minimum atomic E-state index is -0.554. The van der Waals surface area contributed by atoms with Gasteiger partial charge in [-0.15, -0.1) is 0 Å². The van der Waals surface area contributed by atoms with E-state index >= 15 is 0 Å². The molecule has 0 bridgehead atoms. The molecule has 3 aromatic rings. The van der Waals surface area contributed by atoms with Gasteiger partial charge in [-0.3, -0.25) is 0 Å². The average molecular weight is 268 g/mol. The van der Waals surface area contributed by atoms with E-state index in [2.05, 4.69) is 19.1 Å². The van der Waals surface area contributed by atoms with Crippen LogP contribution in [0.2, 0.25) is 0 Å². The number of benzene rings is 3. The second kappa shape index (κ2) is 5.04. The second-order valence-electron chi connectivity index (χ2n) is 4.91. The lowest BCUT2D eigenvalue weighted by Gasteiger charge is -2.06. The van der Waals surface area contributed by atoms with Crippen LogP contribution in [0.25, 0.3) is 21.9 Å². The van der Waals surface area contributed by atoms with Crippen molar-refractivity contribution in [2.24, 2.45) is 0 Å². The van der Waals surface area contributed by atoms with E-state index in [9.17, 15) is 8.78 Å². The highest BCUT2D eigenvalue weighted by atomic mass is 19.1. The SMILES string of the molecule is CCc1ccc2cc(-c3cc(F)cc(F)c3)ccc2c1. The van der Waals surface area contributed by atoms with E-state index in [0.29, 0.717) is 5.56 Å². The molecule has 0 radical (unpaired) electrons. The van der Waals surface area contributed by atoms with E-state index in [0.717, 1.165) is 28.8 Å².